The van der Waals surface area contributed by atoms with Crippen molar-refractivity contribution in [3.8, 4) is 0 Å². The molecule has 0 aromatic carbocycles. The predicted molar refractivity (Wildman–Crippen MR) is 137 cm³/mol. The van der Waals surface area contributed by atoms with Gasteiger partial charge in [-0.15, -0.1) is 24.0 Å². The molecule has 1 saturated carbocycles. The van der Waals surface area contributed by atoms with E-state index >= 15 is 0 Å². The second-order valence-electron chi connectivity index (χ2n) is 10.1. The molecule has 0 unspecified atom stereocenters. The van der Waals surface area contributed by atoms with E-state index in [-0.39, 0.29) is 36.1 Å². The van der Waals surface area contributed by atoms with E-state index in [1.54, 1.807) is 0 Å². The van der Waals surface area contributed by atoms with Crippen molar-refractivity contribution >= 4 is 36.0 Å². The summed E-state index contributed by atoms with van der Waals surface area (Å²) >= 11 is 0. The number of guanidine groups is 1. The molecular formula is C23H45IN4O3. The van der Waals surface area contributed by atoms with Crippen LogP contribution in [0.3, 0.4) is 0 Å². The quantitative estimate of drug-likeness (QED) is 0.199. The Kier molecular flexibility index (Phi) is 12.5. The molecule has 2 aliphatic rings. The number of aliphatic imine (C=N–C) groups is 1. The van der Waals surface area contributed by atoms with Crippen LogP contribution < -0.4 is 5.32 Å². The van der Waals surface area contributed by atoms with Gasteiger partial charge in [0.1, 0.15) is 5.60 Å². The summed E-state index contributed by atoms with van der Waals surface area (Å²) in [7, 11) is 1.84. The van der Waals surface area contributed by atoms with E-state index in [1.807, 2.05) is 32.7 Å². The molecule has 2 fully saturated rings. The topological polar surface area (TPSA) is 66.4 Å². The van der Waals surface area contributed by atoms with Crippen LogP contribution in [-0.4, -0.2) is 79.9 Å². The summed E-state index contributed by atoms with van der Waals surface area (Å²) in [6.45, 7) is 15.2. The molecule has 7 nitrogen and oxygen atoms in total. The van der Waals surface area contributed by atoms with Crippen LogP contribution in [-0.2, 0) is 9.47 Å². The molecule has 0 spiro atoms. The number of hydrogen-bond donors (Lipinski definition) is 1. The number of amides is 1. The molecule has 182 valence electrons. The van der Waals surface area contributed by atoms with Gasteiger partial charge in [-0.1, -0.05) is 13.8 Å². The lowest BCUT2D eigenvalue weighted by molar-refractivity contribution is 0.00928. The maximum absolute atomic E-state index is 12.8. The Hall–Kier alpha value is -0.770. The van der Waals surface area contributed by atoms with Gasteiger partial charge in [-0.25, -0.2) is 4.79 Å². The number of piperidine rings is 1. The fourth-order valence-electron chi connectivity index (χ4n) is 3.69. The van der Waals surface area contributed by atoms with Gasteiger partial charge >= 0.3 is 6.09 Å². The Labute approximate surface area is 206 Å². The van der Waals surface area contributed by atoms with Crippen molar-refractivity contribution in [3.05, 3.63) is 0 Å². The van der Waals surface area contributed by atoms with Crippen molar-refractivity contribution in [1.82, 2.24) is 15.1 Å². The number of halogens is 1. The third kappa shape index (κ3) is 11.1. The van der Waals surface area contributed by atoms with Crippen molar-refractivity contribution in [1.29, 1.82) is 0 Å². The van der Waals surface area contributed by atoms with Gasteiger partial charge in [0.25, 0.3) is 0 Å². The molecule has 0 radical (unpaired) electrons. The number of likely N-dealkylation sites (tertiary alicyclic amines) is 1. The lowest BCUT2D eigenvalue weighted by Gasteiger charge is -2.40. The monoisotopic (exact) mass is 552 g/mol. The standard InChI is InChI=1S/C23H44N4O3.HI/c1-18(2)17-29-15-7-12-25-21(24-6)26-13-10-20(11-14-26)27(16-19-8-9-19)22(28)30-23(3,4)5;/h18-20H,7-17H2,1-6H3,(H,24,25);1H. The zero-order chi connectivity index (χ0) is 22.1. The minimum Gasteiger partial charge on any atom is -0.444 e. The molecule has 1 saturated heterocycles. The van der Waals surface area contributed by atoms with Crippen LogP contribution in [0.5, 0.6) is 0 Å². The van der Waals surface area contributed by atoms with E-state index < -0.39 is 5.60 Å². The number of nitrogens with one attached hydrogen (secondary N) is 1. The number of carbonyl (C=O) groups excluding carboxylic acids is 1. The summed E-state index contributed by atoms with van der Waals surface area (Å²) in [5.41, 5.74) is -0.454. The van der Waals surface area contributed by atoms with Crippen LogP contribution in [0.4, 0.5) is 4.79 Å². The van der Waals surface area contributed by atoms with Crippen LogP contribution >= 0.6 is 24.0 Å². The maximum atomic E-state index is 12.8. The lowest BCUT2D eigenvalue weighted by atomic mass is 10.0. The van der Waals surface area contributed by atoms with Crippen LogP contribution in [0, 0.1) is 11.8 Å². The Morgan fingerprint density at radius 1 is 1.19 bits per heavy atom. The van der Waals surface area contributed by atoms with E-state index in [1.165, 1.54) is 12.8 Å². The normalized spacial score (nSPS) is 18.0. The number of ether oxygens (including phenoxy) is 2. The zero-order valence-corrected chi connectivity index (χ0v) is 22.8. The zero-order valence-electron chi connectivity index (χ0n) is 20.5. The van der Waals surface area contributed by atoms with E-state index in [9.17, 15) is 4.79 Å². The molecule has 1 aliphatic carbocycles. The van der Waals surface area contributed by atoms with Gasteiger partial charge in [-0.2, -0.15) is 0 Å². The van der Waals surface area contributed by atoms with E-state index in [4.69, 9.17) is 9.47 Å². The largest absolute Gasteiger partial charge is 0.444 e. The molecule has 8 heteroatoms. The van der Waals surface area contributed by atoms with Crippen molar-refractivity contribution in [2.75, 3.05) is 46.4 Å². The molecule has 1 N–H and O–H groups in total. The van der Waals surface area contributed by atoms with E-state index in [0.717, 1.165) is 64.6 Å². The molecule has 31 heavy (non-hydrogen) atoms. The highest BCUT2D eigenvalue weighted by atomic mass is 127. The molecule has 2 rings (SSSR count). The number of rotatable bonds is 9. The van der Waals surface area contributed by atoms with Crippen molar-refractivity contribution < 1.29 is 14.3 Å². The van der Waals surface area contributed by atoms with Crippen LogP contribution in [0.15, 0.2) is 4.99 Å². The highest BCUT2D eigenvalue weighted by Crippen LogP contribution is 2.32. The number of carbonyl (C=O) groups is 1. The third-order valence-electron chi connectivity index (χ3n) is 5.40. The molecule has 1 heterocycles. The first kappa shape index (κ1) is 28.3. The fourth-order valence-corrected chi connectivity index (χ4v) is 3.69. The second-order valence-corrected chi connectivity index (χ2v) is 10.1. The van der Waals surface area contributed by atoms with Gasteiger partial charge < -0.3 is 24.6 Å². The summed E-state index contributed by atoms with van der Waals surface area (Å²) in [5, 5.41) is 3.46. The Balaban J connectivity index is 0.00000480. The minimum atomic E-state index is -0.454. The Bertz CT molecular complexity index is 554. The molecule has 0 aromatic rings. The van der Waals surface area contributed by atoms with Gasteiger partial charge in [0, 0.05) is 52.5 Å². The SMILES string of the molecule is CN=C(NCCCOCC(C)C)N1CCC(N(CC2CC2)C(=O)OC(C)(C)C)CC1.I. The van der Waals surface area contributed by atoms with Crippen LogP contribution in [0.1, 0.15) is 66.7 Å². The molecule has 0 aromatic heterocycles. The molecule has 1 aliphatic heterocycles. The summed E-state index contributed by atoms with van der Waals surface area (Å²) < 4.78 is 11.3. The highest BCUT2D eigenvalue weighted by Gasteiger charge is 2.35. The predicted octanol–water partition coefficient (Wildman–Crippen LogP) is 4.35. The molecule has 0 atom stereocenters. The van der Waals surface area contributed by atoms with Gasteiger partial charge in [0.15, 0.2) is 5.96 Å². The maximum Gasteiger partial charge on any atom is 0.410 e. The summed E-state index contributed by atoms with van der Waals surface area (Å²) in [6.07, 6.45) is 5.17. The Morgan fingerprint density at radius 3 is 2.35 bits per heavy atom. The van der Waals surface area contributed by atoms with E-state index in [0.29, 0.717) is 11.8 Å². The van der Waals surface area contributed by atoms with Gasteiger partial charge in [0.05, 0.1) is 0 Å². The Morgan fingerprint density at radius 2 is 1.84 bits per heavy atom. The van der Waals surface area contributed by atoms with Crippen molar-refractivity contribution in [2.45, 2.75) is 78.4 Å². The van der Waals surface area contributed by atoms with Crippen LogP contribution in [0.25, 0.3) is 0 Å². The van der Waals surface area contributed by atoms with Crippen molar-refractivity contribution in [3.63, 3.8) is 0 Å². The molecule has 0 bridgehead atoms. The van der Waals surface area contributed by atoms with Crippen molar-refractivity contribution in [2.24, 2.45) is 16.8 Å². The first-order valence-corrected chi connectivity index (χ1v) is 11.7. The third-order valence-corrected chi connectivity index (χ3v) is 5.40. The second kappa shape index (κ2) is 13.7. The average Bonchev–Trinajstić information content (AvgIpc) is 3.48. The summed E-state index contributed by atoms with van der Waals surface area (Å²) in [6, 6.07) is 0.249. The lowest BCUT2D eigenvalue weighted by Crippen LogP contribution is -2.52. The average molecular weight is 553 g/mol. The summed E-state index contributed by atoms with van der Waals surface area (Å²) in [5.74, 6) is 2.18. The van der Waals surface area contributed by atoms with Gasteiger partial charge in [-0.3, -0.25) is 4.99 Å². The van der Waals surface area contributed by atoms with Gasteiger partial charge in [-0.05, 0) is 64.7 Å². The fraction of sp³-hybridized carbons (Fsp3) is 0.913. The molecular weight excluding hydrogens is 507 g/mol. The number of hydrogen-bond acceptors (Lipinski definition) is 4. The van der Waals surface area contributed by atoms with Crippen LogP contribution in [0.2, 0.25) is 0 Å². The first-order chi connectivity index (χ1) is 14.2. The highest BCUT2D eigenvalue weighted by molar-refractivity contribution is 14.0. The number of nitrogens with zero attached hydrogens (tertiary/aromatic N) is 3. The smallest absolute Gasteiger partial charge is 0.410 e. The van der Waals surface area contributed by atoms with Gasteiger partial charge in [0.2, 0.25) is 0 Å². The van der Waals surface area contributed by atoms with E-state index in [2.05, 4.69) is 29.1 Å². The first-order valence-electron chi connectivity index (χ1n) is 11.7. The summed E-state index contributed by atoms with van der Waals surface area (Å²) in [4.78, 5) is 21.6. The minimum absolute atomic E-state index is 0. The molecule has 1 amide bonds.